The van der Waals surface area contributed by atoms with Gasteiger partial charge in [-0.3, -0.25) is 9.59 Å². The molecule has 0 amide bonds. The quantitative estimate of drug-likeness (QED) is 0.593. The summed E-state index contributed by atoms with van der Waals surface area (Å²) in [7, 11) is 0. The molecule has 0 aromatic rings. The summed E-state index contributed by atoms with van der Waals surface area (Å²) in [6.45, 7) is 4.80. The Morgan fingerprint density at radius 2 is 1.92 bits per heavy atom. The highest BCUT2D eigenvalue weighted by molar-refractivity contribution is 5.82. The molecule has 12 heavy (non-hydrogen) atoms. The molecule has 0 saturated carbocycles. The van der Waals surface area contributed by atoms with Crippen LogP contribution in [0.2, 0.25) is 0 Å². The second kappa shape index (κ2) is 5.75. The Bertz CT molecular complexity index is 163. The number of hydrogen-bond donors (Lipinski definition) is 0. The first kappa shape index (κ1) is 11.1. The third kappa shape index (κ3) is 4.88. The predicted octanol–water partition coefficient (Wildman–Crippen LogP) is 1.70. The molecular weight excluding hydrogens is 156 g/mol. The molecule has 0 spiro atoms. The maximum Gasteiger partial charge on any atom is 0.303 e. The zero-order valence-electron chi connectivity index (χ0n) is 7.92. The van der Waals surface area contributed by atoms with Gasteiger partial charge in [-0.1, -0.05) is 13.3 Å². The van der Waals surface area contributed by atoms with Gasteiger partial charge in [0.25, 0.3) is 0 Å². The summed E-state index contributed by atoms with van der Waals surface area (Å²) in [5.41, 5.74) is 0. The minimum atomic E-state index is -0.526. The Labute approximate surface area is 73.1 Å². The molecule has 0 saturated heterocycles. The van der Waals surface area contributed by atoms with Gasteiger partial charge in [0.15, 0.2) is 11.9 Å². The molecule has 0 aliphatic rings. The lowest BCUT2D eigenvalue weighted by atomic mass is 10.1. The highest BCUT2D eigenvalue weighted by Gasteiger charge is 2.15. The van der Waals surface area contributed by atoms with Gasteiger partial charge in [-0.2, -0.15) is 0 Å². The minimum absolute atomic E-state index is 0.0707. The first-order valence-electron chi connectivity index (χ1n) is 4.25. The third-order valence-electron chi connectivity index (χ3n) is 1.58. The van der Waals surface area contributed by atoms with Gasteiger partial charge in [-0.15, -0.1) is 0 Å². The van der Waals surface area contributed by atoms with Gasteiger partial charge in [0.05, 0.1) is 0 Å². The van der Waals surface area contributed by atoms with E-state index < -0.39 is 6.10 Å². The zero-order valence-corrected chi connectivity index (χ0v) is 7.92. The van der Waals surface area contributed by atoms with Gasteiger partial charge in [0, 0.05) is 6.92 Å². The summed E-state index contributed by atoms with van der Waals surface area (Å²) < 4.78 is 4.83. The molecule has 1 atom stereocenters. The molecule has 0 aliphatic carbocycles. The number of hydrogen-bond acceptors (Lipinski definition) is 3. The van der Waals surface area contributed by atoms with E-state index in [-0.39, 0.29) is 11.8 Å². The second-order valence-corrected chi connectivity index (χ2v) is 2.85. The molecule has 0 aromatic heterocycles. The van der Waals surface area contributed by atoms with Crippen molar-refractivity contribution in [2.24, 2.45) is 0 Å². The van der Waals surface area contributed by atoms with Crippen LogP contribution in [0, 0.1) is 0 Å². The van der Waals surface area contributed by atoms with Crippen LogP contribution < -0.4 is 0 Å². The van der Waals surface area contributed by atoms with Crippen molar-refractivity contribution < 1.29 is 14.3 Å². The molecule has 3 nitrogen and oxygen atoms in total. The number of ketones is 1. The van der Waals surface area contributed by atoms with Crippen molar-refractivity contribution in [2.75, 3.05) is 0 Å². The lowest BCUT2D eigenvalue weighted by Gasteiger charge is -2.12. The summed E-state index contributed by atoms with van der Waals surface area (Å²) in [5.74, 6) is -0.454. The molecular formula is C9H16O3. The fraction of sp³-hybridized carbons (Fsp3) is 0.778. The van der Waals surface area contributed by atoms with Crippen LogP contribution in [0.15, 0.2) is 0 Å². The molecule has 0 fully saturated rings. The molecule has 3 heteroatoms. The van der Waals surface area contributed by atoms with Crippen LogP contribution in [0.4, 0.5) is 0 Å². The van der Waals surface area contributed by atoms with Gasteiger partial charge >= 0.3 is 5.97 Å². The average Bonchev–Trinajstić information content (AvgIpc) is 1.96. The van der Waals surface area contributed by atoms with Crippen LogP contribution >= 0.6 is 0 Å². The number of Topliss-reactive ketones (excluding diaryl/α,β-unsaturated/α-hetero) is 1. The standard InChI is InChI=1S/C9H16O3/c1-4-5-6-9(7(2)10)12-8(3)11/h9H,4-6H2,1-3H3/t9-/m1/s1. The van der Waals surface area contributed by atoms with Gasteiger partial charge < -0.3 is 4.74 Å². The van der Waals surface area contributed by atoms with E-state index >= 15 is 0 Å². The van der Waals surface area contributed by atoms with Crippen molar-refractivity contribution in [1.82, 2.24) is 0 Å². The zero-order chi connectivity index (χ0) is 9.56. The predicted molar refractivity (Wildman–Crippen MR) is 45.8 cm³/mol. The van der Waals surface area contributed by atoms with Crippen molar-refractivity contribution in [3.63, 3.8) is 0 Å². The van der Waals surface area contributed by atoms with E-state index in [4.69, 9.17) is 4.74 Å². The summed E-state index contributed by atoms with van der Waals surface area (Å²) in [5, 5.41) is 0. The fourth-order valence-corrected chi connectivity index (χ4v) is 0.935. The molecule has 70 valence electrons. The van der Waals surface area contributed by atoms with Gasteiger partial charge in [0.2, 0.25) is 0 Å². The summed E-state index contributed by atoms with van der Waals surface area (Å²) in [6.07, 6.45) is 2.04. The highest BCUT2D eigenvalue weighted by Crippen LogP contribution is 2.06. The van der Waals surface area contributed by atoms with E-state index in [9.17, 15) is 9.59 Å². The monoisotopic (exact) mass is 172 g/mol. The van der Waals surface area contributed by atoms with Gasteiger partial charge in [-0.25, -0.2) is 0 Å². The summed E-state index contributed by atoms with van der Waals surface area (Å²) >= 11 is 0. The topological polar surface area (TPSA) is 43.4 Å². The van der Waals surface area contributed by atoms with Crippen molar-refractivity contribution in [2.45, 2.75) is 46.1 Å². The van der Waals surface area contributed by atoms with Crippen LogP contribution in [0.5, 0.6) is 0 Å². The van der Waals surface area contributed by atoms with Crippen molar-refractivity contribution in [3.05, 3.63) is 0 Å². The number of rotatable bonds is 5. The number of carbonyl (C=O) groups is 2. The van der Waals surface area contributed by atoms with Crippen molar-refractivity contribution >= 4 is 11.8 Å². The molecule has 0 aliphatic heterocycles. The number of esters is 1. The molecule has 0 rings (SSSR count). The van der Waals surface area contributed by atoms with E-state index in [0.29, 0.717) is 6.42 Å². The molecule has 0 radical (unpaired) electrons. The SMILES string of the molecule is CCCC[C@@H](OC(C)=O)C(C)=O. The van der Waals surface area contributed by atoms with Gasteiger partial charge in [0.1, 0.15) is 0 Å². The number of carbonyl (C=O) groups excluding carboxylic acids is 2. The Morgan fingerprint density at radius 3 is 2.25 bits per heavy atom. The lowest BCUT2D eigenvalue weighted by molar-refractivity contribution is -0.152. The van der Waals surface area contributed by atoms with Crippen LogP contribution in [0.3, 0.4) is 0 Å². The lowest BCUT2D eigenvalue weighted by Crippen LogP contribution is -2.23. The largest absolute Gasteiger partial charge is 0.455 e. The Balaban J connectivity index is 3.87. The van der Waals surface area contributed by atoms with E-state index in [1.807, 2.05) is 6.92 Å². The molecule has 0 N–H and O–H groups in total. The normalized spacial score (nSPS) is 12.2. The molecule has 0 unspecified atom stereocenters. The summed E-state index contributed by atoms with van der Waals surface area (Å²) in [4.78, 5) is 21.5. The van der Waals surface area contributed by atoms with E-state index in [2.05, 4.69) is 0 Å². The van der Waals surface area contributed by atoms with Crippen molar-refractivity contribution in [3.8, 4) is 0 Å². The second-order valence-electron chi connectivity index (χ2n) is 2.85. The maximum absolute atomic E-state index is 10.9. The highest BCUT2D eigenvalue weighted by atomic mass is 16.5. The Kier molecular flexibility index (Phi) is 5.34. The summed E-state index contributed by atoms with van der Waals surface area (Å²) in [6, 6.07) is 0. The fourth-order valence-electron chi connectivity index (χ4n) is 0.935. The molecule has 0 heterocycles. The van der Waals surface area contributed by atoms with Crippen LogP contribution in [0.25, 0.3) is 0 Å². The van der Waals surface area contributed by atoms with E-state index in [1.54, 1.807) is 0 Å². The first-order valence-corrected chi connectivity index (χ1v) is 4.25. The number of ether oxygens (including phenoxy) is 1. The maximum atomic E-state index is 10.9. The van der Waals surface area contributed by atoms with Crippen LogP contribution in [-0.2, 0) is 14.3 Å². The molecule has 0 aromatic carbocycles. The van der Waals surface area contributed by atoms with E-state index in [1.165, 1.54) is 13.8 Å². The van der Waals surface area contributed by atoms with Crippen LogP contribution in [0.1, 0.15) is 40.0 Å². The smallest absolute Gasteiger partial charge is 0.303 e. The Hall–Kier alpha value is -0.860. The number of unbranched alkanes of at least 4 members (excludes halogenated alkanes) is 1. The first-order chi connectivity index (χ1) is 5.57. The average molecular weight is 172 g/mol. The van der Waals surface area contributed by atoms with E-state index in [0.717, 1.165) is 12.8 Å². The molecule has 0 bridgehead atoms. The minimum Gasteiger partial charge on any atom is -0.455 e. The van der Waals surface area contributed by atoms with Gasteiger partial charge in [-0.05, 0) is 19.8 Å². The van der Waals surface area contributed by atoms with Crippen molar-refractivity contribution in [1.29, 1.82) is 0 Å². The van der Waals surface area contributed by atoms with Crippen LogP contribution in [-0.4, -0.2) is 17.9 Å². The third-order valence-corrected chi connectivity index (χ3v) is 1.58. The Morgan fingerprint density at radius 1 is 1.33 bits per heavy atom.